The molecule has 0 aliphatic heterocycles. The van der Waals surface area contributed by atoms with Gasteiger partial charge in [0, 0.05) is 5.92 Å². The van der Waals surface area contributed by atoms with Gasteiger partial charge in [-0.2, -0.15) is 13.2 Å². The minimum absolute atomic E-state index is 0.0752. The van der Waals surface area contributed by atoms with E-state index in [9.17, 15) is 23.1 Å². The molecule has 0 heterocycles. The van der Waals surface area contributed by atoms with E-state index < -0.39 is 23.6 Å². The molecule has 0 bridgehead atoms. The number of benzene rings is 2. The first kappa shape index (κ1) is 15.4. The molecule has 2 N–H and O–H groups in total. The van der Waals surface area contributed by atoms with E-state index >= 15 is 0 Å². The molecule has 1 aliphatic rings. The van der Waals surface area contributed by atoms with Crippen molar-refractivity contribution < 1.29 is 23.1 Å². The average molecular weight is 321 g/mol. The lowest BCUT2D eigenvalue weighted by Gasteiger charge is -2.12. The fraction of sp³-hybridized carbons (Fsp3) is 0.235. The lowest BCUT2D eigenvalue weighted by molar-refractivity contribution is -0.138. The highest BCUT2D eigenvalue weighted by Crippen LogP contribution is 2.51. The molecule has 1 saturated carbocycles. The molecule has 0 aromatic heterocycles. The van der Waals surface area contributed by atoms with Gasteiger partial charge in [0.2, 0.25) is 5.91 Å². The highest BCUT2D eigenvalue weighted by Gasteiger charge is 2.47. The van der Waals surface area contributed by atoms with Crippen LogP contribution in [-0.2, 0) is 11.0 Å². The van der Waals surface area contributed by atoms with E-state index in [4.69, 9.17) is 0 Å². The summed E-state index contributed by atoms with van der Waals surface area (Å²) >= 11 is 0. The number of alkyl halides is 3. The summed E-state index contributed by atoms with van der Waals surface area (Å²) in [5.74, 6) is -1.42. The summed E-state index contributed by atoms with van der Waals surface area (Å²) in [6.45, 7) is 0. The number of para-hydroxylation sites is 2. The van der Waals surface area contributed by atoms with Gasteiger partial charge in [-0.15, -0.1) is 0 Å². The Labute approximate surface area is 130 Å². The standard InChI is InChI=1S/C17H14F3NO2/c18-17(19,20)13-6-2-1-5-10(13)11-9-12(11)16(23)21-14-7-3-4-8-15(14)22/h1-8,11-12,22H,9H2,(H,21,23). The Bertz CT molecular complexity index is 743. The zero-order valence-corrected chi connectivity index (χ0v) is 12.0. The lowest BCUT2D eigenvalue weighted by atomic mass is 10.0. The lowest BCUT2D eigenvalue weighted by Crippen LogP contribution is -2.15. The topological polar surface area (TPSA) is 49.3 Å². The van der Waals surface area contributed by atoms with Crippen molar-refractivity contribution in [3.05, 3.63) is 59.7 Å². The first-order valence-corrected chi connectivity index (χ1v) is 7.13. The number of phenols is 1. The Morgan fingerprint density at radius 2 is 1.74 bits per heavy atom. The Kier molecular flexibility index (Phi) is 3.75. The first-order valence-electron chi connectivity index (χ1n) is 7.13. The third-order valence-electron chi connectivity index (χ3n) is 3.95. The molecule has 23 heavy (non-hydrogen) atoms. The maximum absolute atomic E-state index is 13.0. The van der Waals surface area contributed by atoms with Crippen molar-refractivity contribution in [3.63, 3.8) is 0 Å². The minimum Gasteiger partial charge on any atom is -0.506 e. The van der Waals surface area contributed by atoms with Crippen molar-refractivity contribution >= 4 is 11.6 Å². The second kappa shape index (κ2) is 5.61. The molecule has 3 nitrogen and oxygen atoms in total. The van der Waals surface area contributed by atoms with Crippen molar-refractivity contribution in [2.75, 3.05) is 5.32 Å². The summed E-state index contributed by atoms with van der Waals surface area (Å²) in [6, 6.07) is 11.6. The number of phenolic OH excluding ortho intramolecular Hbond substituents is 1. The summed E-state index contributed by atoms with van der Waals surface area (Å²) in [5, 5.41) is 12.2. The second-order valence-electron chi connectivity index (χ2n) is 5.54. The van der Waals surface area contributed by atoms with Crippen LogP contribution < -0.4 is 5.32 Å². The van der Waals surface area contributed by atoms with Crippen LogP contribution in [0.25, 0.3) is 0 Å². The summed E-state index contributed by atoms with van der Waals surface area (Å²) in [5.41, 5.74) is -0.285. The number of hydrogen-bond acceptors (Lipinski definition) is 2. The normalized spacial score (nSPS) is 20.1. The third kappa shape index (κ3) is 3.16. The fourth-order valence-electron chi connectivity index (χ4n) is 2.71. The Balaban J connectivity index is 1.75. The second-order valence-corrected chi connectivity index (χ2v) is 5.54. The van der Waals surface area contributed by atoms with Gasteiger partial charge in [0.15, 0.2) is 0 Å². The predicted octanol–water partition coefficient (Wildman–Crippen LogP) is 4.15. The van der Waals surface area contributed by atoms with Crippen molar-refractivity contribution in [1.82, 2.24) is 0 Å². The Morgan fingerprint density at radius 3 is 2.43 bits per heavy atom. The molecule has 0 radical (unpaired) electrons. The van der Waals surface area contributed by atoms with E-state index in [1.165, 1.54) is 24.3 Å². The molecule has 120 valence electrons. The van der Waals surface area contributed by atoms with Gasteiger partial charge in [-0.1, -0.05) is 30.3 Å². The molecule has 6 heteroatoms. The number of halogens is 3. The molecule has 2 aromatic carbocycles. The van der Waals surface area contributed by atoms with E-state index in [1.807, 2.05) is 0 Å². The van der Waals surface area contributed by atoms with Crippen LogP contribution in [0.4, 0.5) is 18.9 Å². The number of anilines is 1. The van der Waals surface area contributed by atoms with E-state index in [-0.39, 0.29) is 22.9 Å². The van der Waals surface area contributed by atoms with Crippen LogP contribution in [0.15, 0.2) is 48.5 Å². The monoisotopic (exact) mass is 321 g/mol. The van der Waals surface area contributed by atoms with Gasteiger partial charge in [-0.05, 0) is 36.1 Å². The predicted molar refractivity (Wildman–Crippen MR) is 79.0 cm³/mol. The molecule has 0 saturated heterocycles. The fourth-order valence-corrected chi connectivity index (χ4v) is 2.71. The number of aromatic hydroxyl groups is 1. The minimum atomic E-state index is -4.43. The summed E-state index contributed by atoms with van der Waals surface area (Å²) < 4.78 is 39.1. The van der Waals surface area contributed by atoms with E-state index in [0.717, 1.165) is 6.07 Å². The SMILES string of the molecule is O=C(Nc1ccccc1O)C1CC1c1ccccc1C(F)(F)F. The molecular formula is C17H14F3NO2. The number of carbonyl (C=O) groups is 1. The van der Waals surface area contributed by atoms with Crippen LogP contribution in [0.1, 0.15) is 23.5 Å². The van der Waals surface area contributed by atoms with Crippen LogP contribution in [0.3, 0.4) is 0 Å². The molecule has 1 aliphatic carbocycles. The van der Waals surface area contributed by atoms with Crippen molar-refractivity contribution in [2.45, 2.75) is 18.5 Å². The molecule has 2 atom stereocenters. The molecule has 1 amide bonds. The number of nitrogens with one attached hydrogen (secondary N) is 1. The van der Waals surface area contributed by atoms with Crippen molar-refractivity contribution in [3.8, 4) is 5.75 Å². The zero-order chi connectivity index (χ0) is 16.6. The first-order chi connectivity index (χ1) is 10.9. The zero-order valence-electron chi connectivity index (χ0n) is 12.0. The molecule has 2 unspecified atom stereocenters. The molecule has 2 aromatic rings. The van der Waals surface area contributed by atoms with Crippen LogP contribution in [0.5, 0.6) is 5.75 Å². The molecule has 1 fully saturated rings. The van der Waals surface area contributed by atoms with Gasteiger partial charge in [0.25, 0.3) is 0 Å². The molecule has 0 spiro atoms. The molecule has 3 rings (SSSR count). The summed E-state index contributed by atoms with van der Waals surface area (Å²) in [4.78, 5) is 12.2. The van der Waals surface area contributed by atoms with Crippen molar-refractivity contribution in [2.24, 2.45) is 5.92 Å². The molecular weight excluding hydrogens is 307 g/mol. The Hall–Kier alpha value is -2.50. The van der Waals surface area contributed by atoms with Crippen LogP contribution in [0, 0.1) is 5.92 Å². The highest BCUT2D eigenvalue weighted by atomic mass is 19.4. The quantitative estimate of drug-likeness (QED) is 0.834. The number of hydrogen-bond donors (Lipinski definition) is 2. The van der Waals surface area contributed by atoms with Gasteiger partial charge in [-0.25, -0.2) is 0 Å². The number of carbonyl (C=O) groups excluding carboxylic acids is 1. The van der Waals surface area contributed by atoms with Crippen LogP contribution in [0.2, 0.25) is 0 Å². The third-order valence-corrected chi connectivity index (χ3v) is 3.95. The summed E-state index contributed by atoms with van der Waals surface area (Å²) in [6.07, 6.45) is -4.07. The smallest absolute Gasteiger partial charge is 0.416 e. The van der Waals surface area contributed by atoms with Crippen LogP contribution >= 0.6 is 0 Å². The summed E-state index contributed by atoms with van der Waals surface area (Å²) in [7, 11) is 0. The maximum atomic E-state index is 13.0. The van der Waals surface area contributed by atoms with Gasteiger partial charge in [-0.3, -0.25) is 4.79 Å². The highest BCUT2D eigenvalue weighted by molar-refractivity contribution is 5.96. The van der Waals surface area contributed by atoms with Gasteiger partial charge < -0.3 is 10.4 Å². The largest absolute Gasteiger partial charge is 0.506 e. The van der Waals surface area contributed by atoms with Crippen LogP contribution in [-0.4, -0.2) is 11.0 Å². The van der Waals surface area contributed by atoms with Gasteiger partial charge >= 0.3 is 6.18 Å². The van der Waals surface area contributed by atoms with E-state index in [2.05, 4.69) is 5.32 Å². The van der Waals surface area contributed by atoms with Gasteiger partial charge in [0.1, 0.15) is 5.75 Å². The average Bonchev–Trinajstić information content (AvgIpc) is 3.29. The van der Waals surface area contributed by atoms with E-state index in [0.29, 0.717) is 6.42 Å². The van der Waals surface area contributed by atoms with Gasteiger partial charge in [0.05, 0.1) is 11.3 Å². The number of amides is 1. The Morgan fingerprint density at radius 1 is 1.09 bits per heavy atom. The maximum Gasteiger partial charge on any atom is 0.416 e. The number of rotatable bonds is 3. The van der Waals surface area contributed by atoms with E-state index in [1.54, 1.807) is 18.2 Å². The van der Waals surface area contributed by atoms with Crippen molar-refractivity contribution in [1.29, 1.82) is 0 Å².